The molecule has 0 aliphatic heterocycles. The van der Waals surface area contributed by atoms with Crippen LogP contribution < -0.4 is 4.74 Å². The lowest BCUT2D eigenvalue weighted by Crippen LogP contribution is -2.19. The molecule has 0 N–H and O–H groups in total. The second-order valence-corrected chi connectivity index (χ2v) is 8.59. The van der Waals surface area contributed by atoms with Crippen LogP contribution in [0.2, 0.25) is 0 Å². The van der Waals surface area contributed by atoms with Crippen molar-refractivity contribution in [1.82, 2.24) is 0 Å². The molecule has 0 radical (unpaired) electrons. The Morgan fingerprint density at radius 1 is 0.600 bits per heavy atom. The summed E-state index contributed by atoms with van der Waals surface area (Å²) in [6.07, 6.45) is -7.46. The number of alkyl halides is 3. The summed E-state index contributed by atoms with van der Waals surface area (Å²) in [7, 11) is 0. The number of aryl methyl sites for hydroxylation is 2. The summed E-state index contributed by atoms with van der Waals surface area (Å²) in [5, 5.41) is 0. The van der Waals surface area contributed by atoms with E-state index in [1.165, 1.54) is 36.4 Å². The molecule has 0 aliphatic carbocycles. The number of rotatable bonds is 7. The molecule has 0 saturated carbocycles. The highest BCUT2D eigenvalue weighted by atomic mass is 19.4. The van der Waals surface area contributed by atoms with Crippen LogP contribution in [0.15, 0.2) is 78.9 Å². The summed E-state index contributed by atoms with van der Waals surface area (Å²) in [5.41, 5.74) is 0.630. The first kappa shape index (κ1) is 28.7. The van der Waals surface area contributed by atoms with Crippen LogP contribution in [-0.2, 0) is 12.8 Å². The van der Waals surface area contributed by atoms with E-state index in [-0.39, 0.29) is 35.1 Å². The Hall–Kier alpha value is -4.28. The minimum atomic E-state index is -5.32. The highest BCUT2D eigenvalue weighted by Crippen LogP contribution is 2.34. The van der Waals surface area contributed by atoms with Crippen molar-refractivity contribution in [2.24, 2.45) is 0 Å². The molecule has 0 bridgehead atoms. The Labute approximate surface area is 221 Å². The van der Waals surface area contributed by atoms with Gasteiger partial charge in [0, 0.05) is 11.1 Å². The Morgan fingerprint density at radius 3 is 1.75 bits per heavy atom. The second kappa shape index (κ2) is 11.4. The largest absolute Gasteiger partial charge is 0.573 e. The average molecular weight is 570 g/mol. The third-order valence-corrected chi connectivity index (χ3v) is 5.93. The monoisotopic (exact) mass is 570 g/mol. The van der Waals surface area contributed by atoms with Gasteiger partial charge >= 0.3 is 12.4 Å². The van der Waals surface area contributed by atoms with E-state index >= 15 is 0 Å². The van der Waals surface area contributed by atoms with Crippen molar-refractivity contribution in [1.29, 1.82) is 0 Å². The summed E-state index contributed by atoms with van der Waals surface area (Å²) in [6.45, 7) is 0. The van der Waals surface area contributed by atoms with Gasteiger partial charge in [0.2, 0.25) is 5.75 Å². The molecule has 0 unspecified atom stereocenters. The number of benzene rings is 4. The number of halogens is 10. The van der Waals surface area contributed by atoms with E-state index in [1.807, 2.05) is 0 Å². The fourth-order valence-corrected chi connectivity index (χ4v) is 4.00. The van der Waals surface area contributed by atoms with Gasteiger partial charge in [-0.05, 0) is 64.9 Å². The summed E-state index contributed by atoms with van der Waals surface area (Å²) in [5.74, 6) is -8.13. The maximum Gasteiger partial charge on any atom is 0.573 e. The van der Waals surface area contributed by atoms with Gasteiger partial charge in [-0.1, -0.05) is 48.5 Å². The molecule has 40 heavy (non-hydrogen) atoms. The molecule has 0 heterocycles. The predicted octanol–water partition coefficient (Wildman–Crippen LogP) is 9.80. The molecule has 0 aromatic heterocycles. The topological polar surface area (TPSA) is 9.23 Å². The Bertz CT molecular complexity index is 1550. The molecule has 4 aromatic rings. The second-order valence-electron chi connectivity index (χ2n) is 8.59. The Morgan fingerprint density at radius 2 is 1.20 bits per heavy atom. The molecule has 1 nitrogen and oxygen atoms in total. The van der Waals surface area contributed by atoms with Gasteiger partial charge in [0.15, 0.2) is 17.5 Å². The van der Waals surface area contributed by atoms with Crippen LogP contribution in [0.1, 0.15) is 16.7 Å². The van der Waals surface area contributed by atoms with Gasteiger partial charge in [-0.3, -0.25) is 0 Å². The molecule has 0 amide bonds. The lowest BCUT2D eigenvalue weighted by Gasteiger charge is -2.13. The first-order chi connectivity index (χ1) is 18.8. The van der Waals surface area contributed by atoms with Crippen LogP contribution in [0.5, 0.6) is 5.75 Å². The van der Waals surface area contributed by atoms with Gasteiger partial charge in [0.05, 0.1) is 0 Å². The normalized spacial score (nSPS) is 11.4. The summed E-state index contributed by atoms with van der Waals surface area (Å²) in [4.78, 5) is 0. The van der Waals surface area contributed by atoms with E-state index in [0.29, 0.717) is 28.8 Å². The van der Waals surface area contributed by atoms with Gasteiger partial charge in [-0.15, -0.1) is 13.2 Å². The van der Waals surface area contributed by atoms with Crippen LogP contribution >= 0.6 is 0 Å². The lowest BCUT2D eigenvalue weighted by atomic mass is 9.97. The van der Waals surface area contributed by atoms with Crippen LogP contribution in [0.25, 0.3) is 28.1 Å². The molecule has 4 aromatic carbocycles. The molecule has 4 rings (SSSR count). The van der Waals surface area contributed by atoms with Crippen LogP contribution in [-0.4, -0.2) is 6.36 Å². The summed E-state index contributed by atoms with van der Waals surface area (Å²) >= 11 is 0. The number of ether oxygens (including phenoxy) is 1. The molecular formula is C29H16F10O. The first-order valence-electron chi connectivity index (χ1n) is 11.5. The molecule has 0 spiro atoms. The third-order valence-electron chi connectivity index (χ3n) is 5.93. The van der Waals surface area contributed by atoms with E-state index < -0.39 is 47.3 Å². The van der Waals surface area contributed by atoms with E-state index in [2.05, 4.69) is 4.74 Å². The van der Waals surface area contributed by atoms with Gasteiger partial charge < -0.3 is 4.74 Å². The van der Waals surface area contributed by atoms with Crippen LogP contribution in [0.4, 0.5) is 43.9 Å². The summed E-state index contributed by atoms with van der Waals surface area (Å²) in [6, 6.07) is 14.0. The zero-order valence-electron chi connectivity index (χ0n) is 20.0. The zero-order chi connectivity index (χ0) is 29.2. The van der Waals surface area contributed by atoms with Crippen molar-refractivity contribution >= 4 is 5.83 Å². The Balaban J connectivity index is 1.47. The molecule has 0 fully saturated rings. The number of hydrogen-bond donors (Lipinski definition) is 0. The average Bonchev–Trinajstić information content (AvgIpc) is 2.89. The molecular weight excluding hydrogens is 554 g/mol. The first-order valence-corrected chi connectivity index (χ1v) is 11.5. The van der Waals surface area contributed by atoms with Crippen LogP contribution in [0.3, 0.4) is 0 Å². The standard InChI is InChI=1S/C29H16F10O/c30-22-12-19(16-4-7-18(8-5-16)26(34)28(35)36)9-6-17(22)3-1-15-2-10-21(23(31)11-15)20-13-24(32)27(25(33)14-20)40-29(37,38)39/h2,4-14H,1,3H2. The van der Waals surface area contributed by atoms with E-state index in [1.54, 1.807) is 6.07 Å². The minimum Gasteiger partial charge on any atom is -0.399 e. The molecule has 0 atom stereocenters. The van der Waals surface area contributed by atoms with Crippen molar-refractivity contribution in [3.63, 3.8) is 0 Å². The van der Waals surface area contributed by atoms with Crippen molar-refractivity contribution < 1.29 is 48.6 Å². The third kappa shape index (κ3) is 6.64. The highest BCUT2D eigenvalue weighted by Gasteiger charge is 2.34. The number of hydrogen-bond acceptors (Lipinski definition) is 1. The molecule has 0 saturated heterocycles. The predicted molar refractivity (Wildman–Crippen MR) is 128 cm³/mol. The highest BCUT2D eigenvalue weighted by molar-refractivity contribution is 5.68. The van der Waals surface area contributed by atoms with Gasteiger partial charge in [0.25, 0.3) is 0 Å². The van der Waals surface area contributed by atoms with E-state index in [4.69, 9.17) is 0 Å². The maximum absolute atomic E-state index is 14.7. The van der Waals surface area contributed by atoms with Crippen molar-refractivity contribution in [3.8, 4) is 28.0 Å². The van der Waals surface area contributed by atoms with Crippen molar-refractivity contribution in [2.45, 2.75) is 19.2 Å². The lowest BCUT2D eigenvalue weighted by molar-refractivity contribution is -0.276. The molecule has 11 heteroatoms. The molecule has 208 valence electrons. The fourth-order valence-electron chi connectivity index (χ4n) is 4.00. The quantitative estimate of drug-likeness (QED) is 0.201. The van der Waals surface area contributed by atoms with Crippen molar-refractivity contribution in [2.75, 3.05) is 0 Å². The minimum absolute atomic E-state index is 0.141. The van der Waals surface area contributed by atoms with E-state index in [0.717, 1.165) is 18.2 Å². The smallest absolute Gasteiger partial charge is 0.399 e. The van der Waals surface area contributed by atoms with Gasteiger partial charge in [0.1, 0.15) is 11.6 Å². The van der Waals surface area contributed by atoms with E-state index in [9.17, 15) is 43.9 Å². The summed E-state index contributed by atoms with van der Waals surface area (Å²) < 4.78 is 136. The molecule has 0 aliphatic rings. The van der Waals surface area contributed by atoms with Gasteiger partial charge in [-0.25, -0.2) is 22.0 Å². The maximum atomic E-state index is 14.7. The van der Waals surface area contributed by atoms with Crippen molar-refractivity contribution in [3.05, 3.63) is 119 Å². The SMILES string of the molecule is FC(F)=C(F)c1ccc(-c2ccc(CCc3ccc(-c4cc(F)c(OC(F)(F)F)c(F)c4)c(F)c3)c(F)c2)cc1. The fraction of sp³-hybridized carbons (Fsp3) is 0.103. The zero-order valence-corrected chi connectivity index (χ0v) is 20.0. The Kier molecular flexibility index (Phi) is 8.22. The van der Waals surface area contributed by atoms with Crippen LogP contribution in [0, 0.1) is 23.3 Å². The van der Waals surface area contributed by atoms with Gasteiger partial charge in [-0.2, -0.15) is 8.78 Å².